The fourth-order valence-corrected chi connectivity index (χ4v) is 1.05. The van der Waals surface area contributed by atoms with Gasteiger partial charge in [-0.15, -0.1) is 0 Å². The SMILES string of the molecule is OCCCOc1cc(F)cc(CO)c1. The summed E-state index contributed by atoms with van der Waals surface area (Å²) < 4.78 is 18.0. The Hall–Kier alpha value is -1.13. The van der Waals surface area contributed by atoms with Crippen LogP contribution >= 0.6 is 0 Å². The van der Waals surface area contributed by atoms with Crippen LogP contribution in [0.25, 0.3) is 0 Å². The molecule has 1 aromatic rings. The second-order valence-corrected chi connectivity index (χ2v) is 2.88. The molecule has 0 atom stereocenters. The van der Waals surface area contributed by atoms with Crippen LogP contribution in [0.15, 0.2) is 18.2 Å². The molecule has 1 rings (SSSR count). The minimum atomic E-state index is -0.435. The number of rotatable bonds is 5. The van der Waals surface area contributed by atoms with E-state index in [1.807, 2.05) is 0 Å². The molecule has 0 heterocycles. The van der Waals surface area contributed by atoms with E-state index in [9.17, 15) is 4.39 Å². The maximum atomic E-state index is 12.9. The first-order valence-corrected chi connectivity index (χ1v) is 4.40. The summed E-state index contributed by atoms with van der Waals surface area (Å²) in [5.41, 5.74) is 0.476. The Balaban J connectivity index is 2.62. The molecule has 0 saturated carbocycles. The second kappa shape index (κ2) is 5.57. The van der Waals surface area contributed by atoms with Crippen molar-refractivity contribution in [2.45, 2.75) is 13.0 Å². The third kappa shape index (κ3) is 3.32. The molecule has 14 heavy (non-hydrogen) atoms. The maximum absolute atomic E-state index is 12.9. The zero-order valence-corrected chi connectivity index (χ0v) is 7.74. The summed E-state index contributed by atoms with van der Waals surface area (Å²) in [5.74, 6) is -0.0574. The molecule has 0 fully saturated rings. The Morgan fingerprint density at radius 1 is 1.21 bits per heavy atom. The predicted molar refractivity (Wildman–Crippen MR) is 49.5 cm³/mol. The highest BCUT2D eigenvalue weighted by Crippen LogP contribution is 2.16. The average Bonchev–Trinajstić information content (AvgIpc) is 2.17. The number of hydrogen-bond donors (Lipinski definition) is 2. The lowest BCUT2D eigenvalue weighted by atomic mass is 10.2. The Labute approximate surface area is 81.8 Å². The van der Waals surface area contributed by atoms with Crippen LogP contribution in [0.4, 0.5) is 4.39 Å². The first kappa shape index (κ1) is 10.9. The van der Waals surface area contributed by atoms with Gasteiger partial charge in [0.25, 0.3) is 0 Å². The maximum Gasteiger partial charge on any atom is 0.127 e. The van der Waals surface area contributed by atoms with Crippen LogP contribution in [0.1, 0.15) is 12.0 Å². The molecule has 0 unspecified atom stereocenters. The van der Waals surface area contributed by atoms with Crippen molar-refractivity contribution in [3.05, 3.63) is 29.6 Å². The highest BCUT2D eigenvalue weighted by Gasteiger charge is 2.00. The molecule has 0 spiro atoms. The van der Waals surface area contributed by atoms with E-state index < -0.39 is 5.82 Å². The number of aliphatic hydroxyl groups is 2. The van der Waals surface area contributed by atoms with Crippen molar-refractivity contribution in [3.8, 4) is 5.75 Å². The second-order valence-electron chi connectivity index (χ2n) is 2.88. The van der Waals surface area contributed by atoms with Crippen LogP contribution in [0.2, 0.25) is 0 Å². The topological polar surface area (TPSA) is 49.7 Å². The fraction of sp³-hybridized carbons (Fsp3) is 0.400. The monoisotopic (exact) mass is 200 g/mol. The number of hydrogen-bond acceptors (Lipinski definition) is 3. The van der Waals surface area contributed by atoms with Crippen LogP contribution in [-0.2, 0) is 6.61 Å². The fourth-order valence-electron chi connectivity index (χ4n) is 1.05. The van der Waals surface area contributed by atoms with Gasteiger partial charge in [-0.05, 0) is 17.7 Å². The van der Waals surface area contributed by atoms with Gasteiger partial charge < -0.3 is 14.9 Å². The van der Waals surface area contributed by atoms with Crippen molar-refractivity contribution < 1.29 is 19.3 Å². The zero-order valence-electron chi connectivity index (χ0n) is 7.74. The van der Waals surface area contributed by atoms with Gasteiger partial charge in [-0.25, -0.2) is 4.39 Å². The quantitative estimate of drug-likeness (QED) is 0.699. The van der Waals surface area contributed by atoms with Crippen LogP contribution in [0.5, 0.6) is 5.75 Å². The van der Waals surface area contributed by atoms with Crippen LogP contribution in [-0.4, -0.2) is 23.4 Å². The van der Waals surface area contributed by atoms with Gasteiger partial charge in [0.2, 0.25) is 0 Å². The largest absolute Gasteiger partial charge is 0.493 e. The molecule has 4 heteroatoms. The molecular weight excluding hydrogens is 187 g/mol. The molecule has 3 nitrogen and oxygen atoms in total. The minimum Gasteiger partial charge on any atom is -0.493 e. The van der Waals surface area contributed by atoms with E-state index in [-0.39, 0.29) is 13.2 Å². The molecule has 2 N–H and O–H groups in total. The summed E-state index contributed by atoms with van der Waals surface area (Å²) in [5, 5.41) is 17.3. The summed E-state index contributed by atoms with van der Waals surface area (Å²) in [6.07, 6.45) is 0.505. The summed E-state index contributed by atoms with van der Waals surface area (Å²) in [6.45, 7) is 0.168. The molecular formula is C10H13FO3. The molecule has 0 aromatic heterocycles. The standard InChI is InChI=1S/C10H13FO3/c11-9-4-8(7-13)5-10(6-9)14-3-1-2-12/h4-6,12-13H,1-3,7H2. The van der Waals surface area contributed by atoms with Crippen molar-refractivity contribution in [2.24, 2.45) is 0 Å². The molecule has 0 aliphatic heterocycles. The smallest absolute Gasteiger partial charge is 0.127 e. The molecule has 0 saturated heterocycles. The Kier molecular flexibility index (Phi) is 4.35. The Morgan fingerprint density at radius 2 is 2.00 bits per heavy atom. The molecule has 1 aromatic carbocycles. The lowest BCUT2D eigenvalue weighted by molar-refractivity contribution is 0.232. The molecule has 78 valence electrons. The van der Waals surface area contributed by atoms with E-state index in [2.05, 4.69) is 0 Å². The molecule has 0 aliphatic rings. The molecule has 0 amide bonds. The van der Waals surface area contributed by atoms with E-state index in [4.69, 9.17) is 14.9 Å². The lowest BCUT2D eigenvalue weighted by Gasteiger charge is -2.06. The van der Waals surface area contributed by atoms with Crippen molar-refractivity contribution in [2.75, 3.05) is 13.2 Å². The predicted octanol–water partition coefficient (Wildman–Crippen LogP) is 1.08. The van der Waals surface area contributed by atoms with E-state index >= 15 is 0 Å². The normalized spacial score (nSPS) is 10.2. The van der Waals surface area contributed by atoms with E-state index in [1.165, 1.54) is 12.1 Å². The van der Waals surface area contributed by atoms with Crippen LogP contribution in [0.3, 0.4) is 0 Å². The summed E-state index contributed by atoms with van der Waals surface area (Å²) in [4.78, 5) is 0. The van der Waals surface area contributed by atoms with Crippen LogP contribution in [0, 0.1) is 5.82 Å². The summed E-state index contributed by atoms with van der Waals surface area (Å²) in [6, 6.07) is 4.07. The van der Waals surface area contributed by atoms with Gasteiger partial charge in [0.1, 0.15) is 11.6 Å². The third-order valence-electron chi connectivity index (χ3n) is 1.68. The average molecular weight is 200 g/mol. The van der Waals surface area contributed by atoms with Gasteiger partial charge >= 0.3 is 0 Å². The summed E-state index contributed by atoms with van der Waals surface area (Å²) in [7, 11) is 0. The first-order valence-electron chi connectivity index (χ1n) is 4.40. The van der Waals surface area contributed by atoms with Crippen molar-refractivity contribution >= 4 is 0 Å². The van der Waals surface area contributed by atoms with E-state index in [0.29, 0.717) is 24.3 Å². The van der Waals surface area contributed by atoms with Crippen molar-refractivity contribution in [3.63, 3.8) is 0 Å². The van der Waals surface area contributed by atoms with Crippen LogP contribution < -0.4 is 4.74 Å². The third-order valence-corrected chi connectivity index (χ3v) is 1.68. The Bertz CT molecular complexity index is 289. The minimum absolute atomic E-state index is 0.0438. The van der Waals surface area contributed by atoms with E-state index in [1.54, 1.807) is 6.07 Å². The molecule has 0 bridgehead atoms. The number of ether oxygens (including phenoxy) is 1. The molecule has 0 aliphatic carbocycles. The van der Waals surface area contributed by atoms with Gasteiger partial charge in [-0.1, -0.05) is 0 Å². The lowest BCUT2D eigenvalue weighted by Crippen LogP contribution is -2.00. The molecule has 0 radical (unpaired) electrons. The van der Waals surface area contributed by atoms with Gasteiger partial charge in [0, 0.05) is 19.1 Å². The van der Waals surface area contributed by atoms with Gasteiger partial charge in [-0.2, -0.15) is 0 Å². The van der Waals surface area contributed by atoms with Gasteiger partial charge in [0.05, 0.1) is 13.2 Å². The van der Waals surface area contributed by atoms with E-state index in [0.717, 1.165) is 0 Å². The zero-order chi connectivity index (χ0) is 10.4. The van der Waals surface area contributed by atoms with Gasteiger partial charge in [0.15, 0.2) is 0 Å². The number of benzene rings is 1. The first-order chi connectivity index (χ1) is 6.76. The highest BCUT2D eigenvalue weighted by atomic mass is 19.1. The van der Waals surface area contributed by atoms with Crippen molar-refractivity contribution in [1.29, 1.82) is 0 Å². The van der Waals surface area contributed by atoms with Gasteiger partial charge in [-0.3, -0.25) is 0 Å². The highest BCUT2D eigenvalue weighted by molar-refractivity contribution is 5.29. The Morgan fingerprint density at radius 3 is 2.64 bits per heavy atom. The number of aliphatic hydroxyl groups excluding tert-OH is 2. The number of halogens is 1. The summed E-state index contributed by atoms with van der Waals surface area (Å²) >= 11 is 0. The van der Waals surface area contributed by atoms with Crippen molar-refractivity contribution in [1.82, 2.24) is 0 Å².